The third kappa shape index (κ3) is 3.66. The first-order chi connectivity index (χ1) is 13.3. The molecular weight excluding hydrogens is 334 g/mol. The molecule has 2 saturated heterocycles. The SMILES string of the molecule is C[C@H](CN1[C@@H]2CC[C@H]1CC(OC1CCCC1)C2)Cn1ncc2ccccc21. The second-order valence-electron chi connectivity index (χ2n) is 9.21. The Labute approximate surface area is 162 Å². The van der Waals surface area contributed by atoms with Gasteiger partial charge in [0.25, 0.3) is 0 Å². The largest absolute Gasteiger partial charge is 0.375 e. The highest BCUT2D eigenvalue weighted by atomic mass is 16.5. The Bertz CT molecular complexity index is 752. The van der Waals surface area contributed by atoms with Crippen molar-refractivity contribution in [3.8, 4) is 0 Å². The van der Waals surface area contributed by atoms with Crippen LogP contribution in [0.5, 0.6) is 0 Å². The highest BCUT2D eigenvalue weighted by Gasteiger charge is 2.42. The van der Waals surface area contributed by atoms with Crippen molar-refractivity contribution in [3.63, 3.8) is 0 Å². The maximum atomic E-state index is 6.48. The summed E-state index contributed by atoms with van der Waals surface area (Å²) in [6, 6.07) is 10.0. The number of benzene rings is 1. The first kappa shape index (κ1) is 17.7. The van der Waals surface area contributed by atoms with Crippen LogP contribution in [0.1, 0.15) is 58.3 Å². The average Bonchev–Trinajstić information content (AvgIpc) is 3.36. The average molecular weight is 368 g/mol. The molecule has 2 bridgehead atoms. The lowest BCUT2D eigenvalue weighted by Crippen LogP contribution is -2.48. The van der Waals surface area contributed by atoms with E-state index in [1.165, 1.54) is 68.8 Å². The highest BCUT2D eigenvalue weighted by Crippen LogP contribution is 2.39. The number of rotatable bonds is 6. The number of nitrogens with zero attached hydrogens (tertiary/aromatic N) is 3. The summed E-state index contributed by atoms with van der Waals surface area (Å²) < 4.78 is 8.67. The zero-order valence-corrected chi connectivity index (χ0v) is 16.6. The number of ether oxygens (including phenoxy) is 1. The topological polar surface area (TPSA) is 30.3 Å². The molecule has 4 nitrogen and oxygen atoms in total. The first-order valence-electron chi connectivity index (χ1n) is 11.1. The zero-order valence-electron chi connectivity index (χ0n) is 16.6. The Hall–Kier alpha value is -1.39. The van der Waals surface area contributed by atoms with E-state index in [-0.39, 0.29) is 0 Å². The molecule has 2 aromatic rings. The van der Waals surface area contributed by atoms with Crippen LogP contribution in [0.3, 0.4) is 0 Å². The summed E-state index contributed by atoms with van der Waals surface area (Å²) in [5.74, 6) is 0.615. The Balaban J connectivity index is 1.19. The maximum Gasteiger partial charge on any atom is 0.0682 e. The molecule has 0 radical (unpaired) electrons. The van der Waals surface area contributed by atoms with Gasteiger partial charge in [-0.15, -0.1) is 0 Å². The zero-order chi connectivity index (χ0) is 18.2. The van der Waals surface area contributed by atoms with Crippen LogP contribution in [-0.2, 0) is 11.3 Å². The van der Waals surface area contributed by atoms with Crippen LogP contribution in [0.2, 0.25) is 0 Å². The van der Waals surface area contributed by atoms with Gasteiger partial charge in [-0.3, -0.25) is 9.58 Å². The first-order valence-corrected chi connectivity index (χ1v) is 11.1. The molecule has 1 unspecified atom stereocenters. The Morgan fingerprint density at radius 3 is 2.52 bits per heavy atom. The summed E-state index contributed by atoms with van der Waals surface area (Å²) in [7, 11) is 0. The van der Waals surface area contributed by atoms with Crippen molar-refractivity contribution >= 4 is 10.9 Å². The number of hydrogen-bond acceptors (Lipinski definition) is 3. The van der Waals surface area contributed by atoms with Crippen LogP contribution < -0.4 is 0 Å². The van der Waals surface area contributed by atoms with Crippen molar-refractivity contribution in [1.82, 2.24) is 14.7 Å². The van der Waals surface area contributed by atoms with Crippen molar-refractivity contribution in [2.45, 2.75) is 89.1 Å². The lowest BCUT2D eigenvalue weighted by molar-refractivity contribution is -0.0603. The summed E-state index contributed by atoms with van der Waals surface area (Å²) in [6.07, 6.45) is 13.7. The monoisotopic (exact) mass is 367 g/mol. The van der Waals surface area contributed by atoms with E-state index in [1.54, 1.807) is 0 Å². The van der Waals surface area contributed by atoms with E-state index in [2.05, 4.69) is 45.9 Å². The van der Waals surface area contributed by atoms with Gasteiger partial charge in [0.2, 0.25) is 0 Å². The highest BCUT2D eigenvalue weighted by molar-refractivity contribution is 5.78. The second kappa shape index (κ2) is 7.56. The molecule has 1 saturated carbocycles. The van der Waals surface area contributed by atoms with Gasteiger partial charge in [0.05, 0.1) is 23.9 Å². The Morgan fingerprint density at radius 1 is 1.00 bits per heavy atom. The summed E-state index contributed by atoms with van der Waals surface area (Å²) in [5.41, 5.74) is 1.26. The van der Waals surface area contributed by atoms with Crippen LogP contribution in [0, 0.1) is 5.92 Å². The molecule has 2 aliphatic heterocycles. The van der Waals surface area contributed by atoms with Gasteiger partial charge in [-0.25, -0.2) is 0 Å². The molecule has 3 fully saturated rings. The minimum Gasteiger partial charge on any atom is -0.375 e. The summed E-state index contributed by atoms with van der Waals surface area (Å²) in [5, 5.41) is 5.87. The predicted octanol–water partition coefficient (Wildman–Crippen LogP) is 4.63. The summed E-state index contributed by atoms with van der Waals surface area (Å²) in [6.45, 7) is 4.59. The van der Waals surface area contributed by atoms with Gasteiger partial charge in [-0.2, -0.15) is 5.10 Å². The standard InChI is InChI=1S/C23H33N3O/c1-17(16-26-23-9-5-2-6-18(23)14-24-26)15-25-19-10-11-20(25)13-22(12-19)27-21-7-3-4-8-21/h2,5-6,9,14,17,19-22H,3-4,7-8,10-13,15-16H2,1H3/t17-,19-,20+,22?/m1/s1. The van der Waals surface area contributed by atoms with Gasteiger partial charge >= 0.3 is 0 Å². The third-order valence-electron chi connectivity index (χ3n) is 7.09. The Morgan fingerprint density at radius 2 is 1.74 bits per heavy atom. The second-order valence-corrected chi connectivity index (χ2v) is 9.21. The molecule has 1 aromatic heterocycles. The van der Waals surface area contributed by atoms with E-state index in [1.807, 2.05) is 6.20 Å². The van der Waals surface area contributed by atoms with Crippen molar-refractivity contribution in [2.75, 3.05) is 6.54 Å². The molecule has 0 amide bonds. The quantitative estimate of drug-likeness (QED) is 0.746. The van der Waals surface area contributed by atoms with Gasteiger partial charge in [0.1, 0.15) is 0 Å². The Kier molecular flexibility index (Phi) is 4.95. The van der Waals surface area contributed by atoms with E-state index in [0.29, 0.717) is 18.1 Å². The fourth-order valence-electron chi connectivity index (χ4n) is 5.81. The molecule has 1 aliphatic carbocycles. The van der Waals surface area contributed by atoms with Crippen LogP contribution in [-0.4, -0.2) is 45.5 Å². The molecule has 27 heavy (non-hydrogen) atoms. The molecule has 3 aliphatic rings. The van der Waals surface area contributed by atoms with E-state index in [0.717, 1.165) is 18.6 Å². The number of hydrogen-bond donors (Lipinski definition) is 0. The molecule has 3 heterocycles. The van der Waals surface area contributed by atoms with Crippen molar-refractivity contribution in [1.29, 1.82) is 0 Å². The number of fused-ring (bicyclic) bond motifs is 3. The van der Waals surface area contributed by atoms with Crippen molar-refractivity contribution < 1.29 is 4.74 Å². The van der Waals surface area contributed by atoms with Crippen LogP contribution in [0.25, 0.3) is 10.9 Å². The van der Waals surface area contributed by atoms with Gasteiger partial charge in [-0.05, 0) is 50.5 Å². The lowest BCUT2D eigenvalue weighted by atomic mass is 9.97. The van der Waals surface area contributed by atoms with E-state index in [9.17, 15) is 0 Å². The predicted molar refractivity (Wildman–Crippen MR) is 109 cm³/mol. The molecule has 5 rings (SSSR count). The molecule has 0 spiro atoms. The van der Waals surface area contributed by atoms with Crippen LogP contribution >= 0.6 is 0 Å². The summed E-state index contributed by atoms with van der Waals surface area (Å²) in [4.78, 5) is 2.81. The van der Waals surface area contributed by atoms with E-state index < -0.39 is 0 Å². The lowest BCUT2D eigenvalue weighted by Gasteiger charge is -2.40. The fourth-order valence-corrected chi connectivity index (χ4v) is 5.81. The molecule has 1 aromatic carbocycles. The van der Waals surface area contributed by atoms with Gasteiger partial charge in [0.15, 0.2) is 0 Å². The number of aromatic nitrogens is 2. The maximum absolute atomic E-state index is 6.48. The fraction of sp³-hybridized carbons (Fsp3) is 0.696. The molecule has 4 heteroatoms. The van der Waals surface area contributed by atoms with Gasteiger partial charge in [0, 0.05) is 30.6 Å². The van der Waals surface area contributed by atoms with E-state index in [4.69, 9.17) is 4.74 Å². The summed E-state index contributed by atoms with van der Waals surface area (Å²) >= 11 is 0. The smallest absolute Gasteiger partial charge is 0.0682 e. The molecular formula is C23H33N3O. The van der Waals surface area contributed by atoms with Crippen molar-refractivity contribution in [2.24, 2.45) is 5.92 Å². The minimum atomic E-state index is 0.521. The third-order valence-corrected chi connectivity index (χ3v) is 7.09. The van der Waals surface area contributed by atoms with Gasteiger partial charge < -0.3 is 4.74 Å². The van der Waals surface area contributed by atoms with Crippen LogP contribution in [0.15, 0.2) is 30.5 Å². The number of para-hydroxylation sites is 1. The van der Waals surface area contributed by atoms with E-state index >= 15 is 0 Å². The molecule has 146 valence electrons. The normalized spacial score (nSPS) is 30.3. The molecule has 0 N–H and O–H groups in total. The van der Waals surface area contributed by atoms with Gasteiger partial charge in [-0.1, -0.05) is 38.0 Å². The number of piperidine rings is 1. The molecule has 4 atom stereocenters. The van der Waals surface area contributed by atoms with Crippen molar-refractivity contribution in [3.05, 3.63) is 30.5 Å². The minimum absolute atomic E-state index is 0.521. The van der Waals surface area contributed by atoms with Crippen LogP contribution in [0.4, 0.5) is 0 Å².